The van der Waals surface area contributed by atoms with Crippen molar-refractivity contribution < 1.29 is 9.57 Å². The average Bonchev–Trinajstić information content (AvgIpc) is 2.12. The molecule has 2 N–H and O–H groups in total. The SMILES string of the molecule is CO/N=C(\N)Oc1c(C)cccc1C. The summed E-state index contributed by atoms with van der Waals surface area (Å²) in [5.74, 6) is 0.728. The maximum Gasteiger partial charge on any atom is 0.326 e. The molecule has 0 atom stereocenters. The number of oxime groups is 1. The minimum Gasteiger partial charge on any atom is -0.424 e. The van der Waals surface area contributed by atoms with E-state index in [9.17, 15) is 0 Å². The first-order chi connectivity index (χ1) is 6.65. The summed E-state index contributed by atoms with van der Waals surface area (Å²) in [6.07, 6.45) is 0. The predicted molar refractivity (Wildman–Crippen MR) is 55.2 cm³/mol. The maximum absolute atomic E-state index is 5.46. The number of aryl methyl sites for hydroxylation is 2. The molecule has 4 heteroatoms. The molecule has 0 bridgehead atoms. The first-order valence-corrected chi connectivity index (χ1v) is 4.26. The van der Waals surface area contributed by atoms with Gasteiger partial charge in [0.05, 0.1) is 0 Å². The van der Waals surface area contributed by atoms with Crippen molar-refractivity contribution in [3.8, 4) is 5.75 Å². The number of ether oxygens (including phenoxy) is 1. The lowest BCUT2D eigenvalue weighted by Crippen LogP contribution is -2.20. The Hall–Kier alpha value is -1.71. The molecule has 1 aromatic rings. The third kappa shape index (κ3) is 2.39. The van der Waals surface area contributed by atoms with Crippen molar-refractivity contribution in [3.05, 3.63) is 29.3 Å². The second kappa shape index (κ2) is 4.50. The number of para-hydroxylation sites is 1. The van der Waals surface area contributed by atoms with Gasteiger partial charge < -0.3 is 15.3 Å². The van der Waals surface area contributed by atoms with Crippen LogP contribution >= 0.6 is 0 Å². The van der Waals surface area contributed by atoms with E-state index >= 15 is 0 Å². The molecule has 4 nitrogen and oxygen atoms in total. The van der Waals surface area contributed by atoms with E-state index in [0.717, 1.165) is 16.9 Å². The number of hydrogen-bond acceptors (Lipinski definition) is 3. The van der Waals surface area contributed by atoms with E-state index in [1.807, 2.05) is 32.0 Å². The van der Waals surface area contributed by atoms with Gasteiger partial charge in [-0.15, -0.1) is 0 Å². The second-order valence-corrected chi connectivity index (χ2v) is 2.94. The van der Waals surface area contributed by atoms with Crippen LogP contribution in [-0.2, 0) is 4.84 Å². The van der Waals surface area contributed by atoms with Crippen molar-refractivity contribution in [2.45, 2.75) is 13.8 Å². The first-order valence-electron chi connectivity index (χ1n) is 4.26. The molecule has 0 fully saturated rings. The highest BCUT2D eigenvalue weighted by atomic mass is 16.6. The highest BCUT2D eigenvalue weighted by Crippen LogP contribution is 2.21. The van der Waals surface area contributed by atoms with Crippen LogP contribution in [0.1, 0.15) is 11.1 Å². The fraction of sp³-hybridized carbons (Fsp3) is 0.300. The Labute approximate surface area is 83.3 Å². The van der Waals surface area contributed by atoms with Gasteiger partial charge in [-0.05, 0) is 30.1 Å². The van der Waals surface area contributed by atoms with Crippen LogP contribution in [0.25, 0.3) is 0 Å². The fourth-order valence-electron chi connectivity index (χ4n) is 1.17. The van der Waals surface area contributed by atoms with Gasteiger partial charge in [0.1, 0.15) is 12.9 Å². The fourth-order valence-corrected chi connectivity index (χ4v) is 1.17. The number of rotatable bonds is 2. The van der Waals surface area contributed by atoms with Gasteiger partial charge in [0, 0.05) is 0 Å². The lowest BCUT2D eigenvalue weighted by Gasteiger charge is -2.09. The monoisotopic (exact) mass is 194 g/mol. The summed E-state index contributed by atoms with van der Waals surface area (Å²) in [4.78, 5) is 4.49. The number of nitrogens with zero attached hydrogens (tertiary/aromatic N) is 1. The zero-order chi connectivity index (χ0) is 10.6. The lowest BCUT2D eigenvalue weighted by molar-refractivity contribution is 0.204. The summed E-state index contributed by atoms with van der Waals surface area (Å²) in [5.41, 5.74) is 7.48. The van der Waals surface area contributed by atoms with Gasteiger partial charge in [-0.2, -0.15) is 0 Å². The molecular weight excluding hydrogens is 180 g/mol. The molecule has 14 heavy (non-hydrogen) atoms. The van der Waals surface area contributed by atoms with E-state index in [2.05, 4.69) is 9.99 Å². The third-order valence-electron chi connectivity index (χ3n) is 1.80. The van der Waals surface area contributed by atoms with E-state index in [4.69, 9.17) is 10.5 Å². The molecule has 0 aromatic heterocycles. The van der Waals surface area contributed by atoms with Gasteiger partial charge in [0.15, 0.2) is 0 Å². The molecule has 0 unspecified atom stereocenters. The highest BCUT2D eigenvalue weighted by molar-refractivity contribution is 5.74. The van der Waals surface area contributed by atoms with E-state index in [-0.39, 0.29) is 6.02 Å². The van der Waals surface area contributed by atoms with Crippen molar-refractivity contribution in [2.24, 2.45) is 10.9 Å². The van der Waals surface area contributed by atoms with Crippen LogP contribution in [0, 0.1) is 13.8 Å². The number of nitrogens with two attached hydrogens (primary N) is 1. The van der Waals surface area contributed by atoms with Gasteiger partial charge in [-0.25, -0.2) is 0 Å². The number of amidine groups is 1. The van der Waals surface area contributed by atoms with Crippen LogP contribution in [-0.4, -0.2) is 13.1 Å². The van der Waals surface area contributed by atoms with Crippen LogP contribution < -0.4 is 10.5 Å². The molecule has 0 aliphatic rings. The van der Waals surface area contributed by atoms with Crippen LogP contribution in [0.15, 0.2) is 23.4 Å². The van der Waals surface area contributed by atoms with Crippen LogP contribution in [0.3, 0.4) is 0 Å². The lowest BCUT2D eigenvalue weighted by atomic mass is 10.1. The van der Waals surface area contributed by atoms with Crippen LogP contribution in [0.2, 0.25) is 0 Å². The second-order valence-electron chi connectivity index (χ2n) is 2.94. The summed E-state index contributed by atoms with van der Waals surface area (Å²) in [6.45, 7) is 3.89. The molecule has 0 radical (unpaired) electrons. The van der Waals surface area contributed by atoms with Gasteiger partial charge in [0.25, 0.3) is 0 Å². The van der Waals surface area contributed by atoms with Crippen molar-refractivity contribution in [1.29, 1.82) is 0 Å². The van der Waals surface area contributed by atoms with Gasteiger partial charge in [-0.1, -0.05) is 18.2 Å². The Morgan fingerprint density at radius 3 is 2.36 bits per heavy atom. The molecular formula is C10H14N2O2. The summed E-state index contributed by atoms with van der Waals surface area (Å²) in [7, 11) is 1.42. The molecule has 1 rings (SSSR count). The Kier molecular flexibility index (Phi) is 3.34. The Morgan fingerprint density at radius 1 is 1.29 bits per heavy atom. The Bertz CT molecular complexity index is 328. The zero-order valence-electron chi connectivity index (χ0n) is 8.57. The molecule has 0 aliphatic carbocycles. The first kappa shape index (κ1) is 10.4. The summed E-state index contributed by atoms with van der Waals surface area (Å²) in [6, 6.07) is 5.86. The molecule has 0 amide bonds. The van der Waals surface area contributed by atoms with Crippen molar-refractivity contribution in [3.63, 3.8) is 0 Å². The molecule has 0 heterocycles. The van der Waals surface area contributed by atoms with Crippen molar-refractivity contribution in [1.82, 2.24) is 0 Å². The van der Waals surface area contributed by atoms with Gasteiger partial charge >= 0.3 is 6.02 Å². The zero-order valence-corrected chi connectivity index (χ0v) is 8.57. The largest absolute Gasteiger partial charge is 0.424 e. The quantitative estimate of drug-likeness (QED) is 0.441. The smallest absolute Gasteiger partial charge is 0.326 e. The highest BCUT2D eigenvalue weighted by Gasteiger charge is 2.05. The normalized spacial score (nSPS) is 11.2. The molecule has 0 spiro atoms. The minimum absolute atomic E-state index is 0.00454. The van der Waals surface area contributed by atoms with E-state index in [1.54, 1.807) is 0 Å². The molecule has 1 aromatic carbocycles. The van der Waals surface area contributed by atoms with E-state index in [1.165, 1.54) is 7.11 Å². The minimum atomic E-state index is 0.00454. The van der Waals surface area contributed by atoms with Crippen molar-refractivity contribution >= 4 is 6.02 Å². The molecule has 76 valence electrons. The van der Waals surface area contributed by atoms with Gasteiger partial charge in [-0.3, -0.25) is 0 Å². The number of hydrogen-bond donors (Lipinski definition) is 1. The van der Waals surface area contributed by atoms with E-state index < -0.39 is 0 Å². The van der Waals surface area contributed by atoms with Gasteiger partial charge in [0.2, 0.25) is 0 Å². The van der Waals surface area contributed by atoms with Crippen LogP contribution in [0.5, 0.6) is 5.75 Å². The molecule has 0 saturated heterocycles. The van der Waals surface area contributed by atoms with Crippen molar-refractivity contribution in [2.75, 3.05) is 7.11 Å². The average molecular weight is 194 g/mol. The molecule has 0 saturated carbocycles. The molecule has 0 aliphatic heterocycles. The maximum atomic E-state index is 5.46. The Balaban J connectivity index is 2.91. The van der Waals surface area contributed by atoms with E-state index in [0.29, 0.717) is 0 Å². The number of benzene rings is 1. The topological polar surface area (TPSA) is 56.8 Å². The standard InChI is InChI=1S/C10H14N2O2/c1-7-5-4-6-8(2)9(7)14-10(11)12-13-3/h4-6H,1-3H3,(H2,11,12). The Morgan fingerprint density at radius 2 is 1.86 bits per heavy atom. The summed E-state index contributed by atoms with van der Waals surface area (Å²) < 4.78 is 5.32. The summed E-state index contributed by atoms with van der Waals surface area (Å²) >= 11 is 0. The summed E-state index contributed by atoms with van der Waals surface area (Å²) in [5, 5.41) is 3.47. The third-order valence-corrected chi connectivity index (χ3v) is 1.80. The predicted octanol–water partition coefficient (Wildman–Crippen LogP) is 1.56. The van der Waals surface area contributed by atoms with Crippen LogP contribution in [0.4, 0.5) is 0 Å².